The average Bonchev–Trinajstić information content (AvgIpc) is 3.19. The molecule has 1 aromatic carbocycles. The van der Waals surface area contributed by atoms with Gasteiger partial charge in [-0.1, -0.05) is 12.1 Å². The van der Waals surface area contributed by atoms with E-state index in [2.05, 4.69) is 39.5 Å². The van der Waals surface area contributed by atoms with Gasteiger partial charge in [0.1, 0.15) is 0 Å². The maximum absolute atomic E-state index is 5.85. The molecule has 0 spiro atoms. The number of anilines is 2. The molecule has 4 rings (SSSR count). The first-order chi connectivity index (χ1) is 12.9. The molecule has 0 amide bonds. The van der Waals surface area contributed by atoms with Crippen LogP contribution in [-0.4, -0.2) is 58.2 Å². The van der Waals surface area contributed by atoms with Crippen LogP contribution in [0.2, 0.25) is 0 Å². The average molecular weight is 355 g/mol. The monoisotopic (exact) mass is 355 g/mol. The Labute approximate surface area is 154 Å². The first kappa shape index (κ1) is 17.1. The molecule has 0 aliphatic carbocycles. The number of fused-ring (bicyclic) bond motifs is 1. The minimum absolute atomic E-state index is 0.640. The van der Waals surface area contributed by atoms with Crippen molar-refractivity contribution in [2.45, 2.75) is 6.42 Å². The molecule has 1 fully saturated rings. The van der Waals surface area contributed by atoms with E-state index in [4.69, 9.17) is 14.2 Å². The summed E-state index contributed by atoms with van der Waals surface area (Å²) < 4.78 is 16.4. The van der Waals surface area contributed by atoms with E-state index in [1.54, 1.807) is 7.11 Å². The number of ether oxygens (including phenoxy) is 3. The number of hydrogen-bond donors (Lipinski definition) is 1. The van der Waals surface area contributed by atoms with Gasteiger partial charge in [0.05, 0.1) is 26.4 Å². The number of pyridine rings is 1. The number of nitrogens with zero attached hydrogens (tertiary/aromatic N) is 2. The second-order valence-electron chi connectivity index (χ2n) is 6.49. The largest absolute Gasteiger partial charge is 0.489 e. The van der Waals surface area contributed by atoms with Crippen molar-refractivity contribution in [3.63, 3.8) is 0 Å². The van der Waals surface area contributed by atoms with Crippen LogP contribution in [0.1, 0.15) is 5.56 Å². The molecular weight excluding hydrogens is 330 g/mol. The van der Waals surface area contributed by atoms with Crippen molar-refractivity contribution >= 4 is 11.5 Å². The van der Waals surface area contributed by atoms with Crippen molar-refractivity contribution in [2.75, 3.05) is 63.4 Å². The van der Waals surface area contributed by atoms with E-state index in [1.807, 2.05) is 6.20 Å². The maximum Gasteiger partial charge on any atom is 0.169 e. The Morgan fingerprint density at radius 3 is 2.73 bits per heavy atom. The third-order valence-corrected chi connectivity index (χ3v) is 4.89. The van der Waals surface area contributed by atoms with Gasteiger partial charge < -0.3 is 24.4 Å². The van der Waals surface area contributed by atoms with Crippen molar-refractivity contribution in [2.24, 2.45) is 0 Å². The molecular formula is C20H25N3O3. The zero-order valence-electron chi connectivity index (χ0n) is 15.2. The first-order valence-electron chi connectivity index (χ1n) is 9.17. The van der Waals surface area contributed by atoms with Crippen molar-refractivity contribution in [1.82, 2.24) is 4.98 Å². The van der Waals surface area contributed by atoms with Crippen LogP contribution in [0.25, 0.3) is 11.1 Å². The van der Waals surface area contributed by atoms with Gasteiger partial charge in [-0.25, -0.2) is 4.98 Å². The SMILES string of the molecule is COCCNc1ncc(-c2ccc(N3CCOCC3)cc2)c2c1OCC2. The fourth-order valence-corrected chi connectivity index (χ4v) is 3.51. The molecule has 0 saturated carbocycles. The van der Waals surface area contributed by atoms with Crippen LogP contribution in [0.15, 0.2) is 30.5 Å². The van der Waals surface area contributed by atoms with Gasteiger partial charge in [-0.3, -0.25) is 0 Å². The van der Waals surface area contributed by atoms with Crippen molar-refractivity contribution < 1.29 is 14.2 Å². The van der Waals surface area contributed by atoms with Gasteiger partial charge >= 0.3 is 0 Å². The van der Waals surface area contributed by atoms with E-state index in [0.29, 0.717) is 19.8 Å². The van der Waals surface area contributed by atoms with Gasteiger partial charge in [0, 0.05) is 56.2 Å². The Bertz CT molecular complexity index is 743. The molecule has 6 nitrogen and oxygen atoms in total. The van der Waals surface area contributed by atoms with Crippen LogP contribution in [0.4, 0.5) is 11.5 Å². The standard InChI is InChI=1S/C20H25N3O3/c1-24-11-7-21-20-19-17(6-10-26-19)18(14-22-20)15-2-4-16(5-3-15)23-8-12-25-13-9-23/h2-5,14H,6-13H2,1H3,(H,21,22). The first-order valence-corrected chi connectivity index (χ1v) is 9.17. The third-order valence-electron chi connectivity index (χ3n) is 4.89. The molecule has 0 radical (unpaired) electrons. The Balaban J connectivity index is 1.56. The Kier molecular flexibility index (Phi) is 5.22. The van der Waals surface area contributed by atoms with E-state index in [1.165, 1.54) is 16.8 Å². The minimum Gasteiger partial charge on any atom is -0.489 e. The van der Waals surface area contributed by atoms with Crippen LogP contribution in [-0.2, 0) is 15.9 Å². The summed E-state index contributed by atoms with van der Waals surface area (Å²) in [6.45, 7) is 5.56. The second-order valence-corrected chi connectivity index (χ2v) is 6.49. The number of nitrogens with one attached hydrogen (secondary N) is 1. The van der Waals surface area contributed by atoms with Crippen LogP contribution in [0, 0.1) is 0 Å². The normalized spacial score (nSPS) is 16.3. The van der Waals surface area contributed by atoms with E-state index < -0.39 is 0 Å². The molecule has 6 heteroatoms. The number of rotatable bonds is 6. The zero-order chi connectivity index (χ0) is 17.8. The van der Waals surface area contributed by atoms with Gasteiger partial charge in [-0.2, -0.15) is 0 Å². The van der Waals surface area contributed by atoms with Gasteiger partial charge in [0.15, 0.2) is 11.6 Å². The molecule has 1 aromatic heterocycles. The molecule has 3 heterocycles. The highest BCUT2D eigenvalue weighted by Crippen LogP contribution is 2.39. The topological polar surface area (TPSA) is 55.9 Å². The van der Waals surface area contributed by atoms with Crippen LogP contribution in [0.3, 0.4) is 0 Å². The Morgan fingerprint density at radius 2 is 1.96 bits per heavy atom. The van der Waals surface area contributed by atoms with E-state index in [-0.39, 0.29) is 0 Å². The van der Waals surface area contributed by atoms with Crippen LogP contribution in [0.5, 0.6) is 5.75 Å². The predicted molar refractivity (Wildman–Crippen MR) is 102 cm³/mol. The molecule has 1 saturated heterocycles. The second kappa shape index (κ2) is 7.93. The lowest BCUT2D eigenvalue weighted by atomic mass is 9.99. The van der Waals surface area contributed by atoms with Gasteiger partial charge in [-0.15, -0.1) is 0 Å². The Morgan fingerprint density at radius 1 is 1.15 bits per heavy atom. The summed E-state index contributed by atoms with van der Waals surface area (Å²) in [5, 5.41) is 3.30. The fourth-order valence-electron chi connectivity index (χ4n) is 3.51. The lowest BCUT2D eigenvalue weighted by molar-refractivity contribution is 0.122. The van der Waals surface area contributed by atoms with Gasteiger partial charge in [0.25, 0.3) is 0 Å². The maximum atomic E-state index is 5.85. The predicted octanol–water partition coefficient (Wildman–Crippen LogP) is 2.58. The van der Waals surface area contributed by atoms with E-state index in [9.17, 15) is 0 Å². The van der Waals surface area contributed by atoms with Crippen molar-refractivity contribution in [1.29, 1.82) is 0 Å². The lowest BCUT2D eigenvalue weighted by Crippen LogP contribution is -2.36. The molecule has 0 bridgehead atoms. The summed E-state index contributed by atoms with van der Waals surface area (Å²) in [5.41, 5.74) is 4.82. The summed E-state index contributed by atoms with van der Waals surface area (Å²) in [7, 11) is 1.69. The molecule has 26 heavy (non-hydrogen) atoms. The minimum atomic E-state index is 0.640. The van der Waals surface area contributed by atoms with E-state index >= 15 is 0 Å². The lowest BCUT2D eigenvalue weighted by Gasteiger charge is -2.29. The summed E-state index contributed by atoms with van der Waals surface area (Å²) in [6.07, 6.45) is 2.86. The van der Waals surface area contributed by atoms with Gasteiger partial charge in [0.2, 0.25) is 0 Å². The number of methoxy groups -OCH3 is 1. The fraction of sp³-hybridized carbons (Fsp3) is 0.450. The molecule has 2 aliphatic rings. The smallest absolute Gasteiger partial charge is 0.169 e. The highest BCUT2D eigenvalue weighted by molar-refractivity contribution is 5.75. The molecule has 0 atom stereocenters. The van der Waals surface area contributed by atoms with Gasteiger partial charge in [-0.05, 0) is 17.7 Å². The summed E-state index contributed by atoms with van der Waals surface area (Å²) in [5.74, 6) is 1.69. The quantitative estimate of drug-likeness (QED) is 0.804. The number of morpholine rings is 1. The zero-order valence-corrected chi connectivity index (χ0v) is 15.2. The third kappa shape index (κ3) is 3.48. The summed E-state index contributed by atoms with van der Waals surface area (Å²) in [6, 6.07) is 8.73. The Hall–Kier alpha value is -2.31. The van der Waals surface area contributed by atoms with Crippen LogP contribution < -0.4 is 15.0 Å². The number of aromatic nitrogens is 1. The number of hydrogen-bond acceptors (Lipinski definition) is 6. The molecule has 2 aliphatic heterocycles. The summed E-state index contributed by atoms with van der Waals surface area (Å²) >= 11 is 0. The van der Waals surface area contributed by atoms with Crippen LogP contribution >= 0.6 is 0 Å². The molecule has 2 aromatic rings. The van der Waals surface area contributed by atoms with E-state index in [0.717, 1.165) is 49.9 Å². The molecule has 0 unspecified atom stereocenters. The van der Waals surface area contributed by atoms with Crippen molar-refractivity contribution in [3.05, 3.63) is 36.0 Å². The highest BCUT2D eigenvalue weighted by Gasteiger charge is 2.22. The molecule has 1 N–H and O–H groups in total. The molecule has 138 valence electrons. The highest BCUT2D eigenvalue weighted by atomic mass is 16.5. The number of benzene rings is 1. The summed E-state index contributed by atoms with van der Waals surface area (Å²) in [4.78, 5) is 6.96. The van der Waals surface area contributed by atoms with Crippen molar-refractivity contribution in [3.8, 4) is 16.9 Å².